The number of hydrazine groups is 1. The average Bonchev–Trinajstić information content (AvgIpc) is 3.43. The van der Waals surface area contributed by atoms with Crippen molar-refractivity contribution in [3.05, 3.63) is 93.4 Å². The van der Waals surface area contributed by atoms with Crippen LogP contribution in [-0.4, -0.2) is 40.5 Å². The molecule has 1 aliphatic rings. The fraction of sp³-hybridized carbons (Fsp3) is 0.472. The predicted octanol–water partition coefficient (Wildman–Crippen LogP) is 6.75. The van der Waals surface area contributed by atoms with Gasteiger partial charge in [-0.2, -0.15) is 0 Å². The standard InChI is InChI=1S/C36H47N3O5/c1-23-19-24(2)31(25(3)20-23)21-30-15-16-32(44-30)35(43)38-39(29-13-11-28(12-14-29)36(4,5)6)22-26-7-9-27(10-8-26)34(42)37-18-17-33(40)41/h7-10,15-16,19-20,28-29H,11-14,17-18,21-22H2,1-6H3,(H,37,42)(H,38,43)(H,40,41)/t28-,29+. The molecule has 0 unspecified atom stereocenters. The van der Waals surface area contributed by atoms with Crippen LogP contribution >= 0.6 is 0 Å². The number of rotatable bonds is 11. The number of carboxylic acid groups (broad SMARTS) is 1. The molecule has 2 aromatic carbocycles. The van der Waals surface area contributed by atoms with E-state index in [0.29, 0.717) is 24.4 Å². The van der Waals surface area contributed by atoms with Gasteiger partial charge in [-0.15, -0.1) is 0 Å². The first-order valence-corrected chi connectivity index (χ1v) is 15.6. The summed E-state index contributed by atoms with van der Waals surface area (Å²) in [6.45, 7) is 13.8. The van der Waals surface area contributed by atoms with Crippen molar-refractivity contribution in [1.82, 2.24) is 15.8 Å². The first-order chi connectivity index (χ1) is 20.8. The van der Waals surface area contributed by atoms with Gasteiger partial charge in [-0.25, -0.2) is 5.01 Å². The molecule has 1 aromatic heterocycles. The summed E-state index contributed by atoms with van der Waals surface area (Å²) >= 11 is 0. The minimum Gasteiger partial charge on any atom is -0.481 e. The second-order valence-electron chi connectivity index (χ2n) is 13.4. The molecule has 3 aromatic rings. The molecule has 4 rings (SSSR count). The zero-order valence-corrected chi connectivity index (χ0v) is 27.0. The summed E-state index contributed by atoms with van der Waals surface area (Å²) in [6.07, 6.45) is 4.63. The van der Waals surface area contributed by atoms with Crippen LogP contribution in [0, 0.1) is 32.1 Å². The molecular weight excluding hydrogens is 554 g/mol. The van der Waals surface area contributed by atoms with Gasteiger partial charge < -0.3 is 14.8 Å². The van der Waals surface area contributed by atoms with Gasteiger partial charge in [0.05, 0.1) is 6.42 Å². The highest BCUT2D eigenvalue weighted by Crippen LogP contribution is 2.39. The van der Waals surface area contributed by atoms with E-state index in [4.69, 9.17) is 9.52 Å². The molecule has 0 saturated heterocycles. The number of benzene rings is 2. The fourth-order valence-corrected chi connectivity index (χ4v) is 6.30. The summed E-state index contributed by atoms with van der Waals surface area (Å²) < 4.78 is 6.06. The monoisotopic (exact) mass is 601 g/mol. The zero-order valence-electron chi connectivity index (χ0n) is 27.0. The van der Waals surface area contributed by atoms with Crippen molar-refractivity contribution in [2.24, 2.45) is 11.3 Å². The van der Waals surface area contributed by atoms with E-state index >= 15 is 0 Å². The van der Waals surface area contributed by atoms with Crippen LogP contribution in [0.2, 0.25) is 0 Å². The van der Waals surface area contributed by atoms with Crippen molar-refractivity contribution in [3.63, 3.8) is 0 Å². The Labute approximate surface area is 261 Å². The Kier molecular flexibility index (Phi) is 10.7. The summed E-state index contributed by atoms with van der Waals surface area (Å²) in [5.41, 5.74) is 9.69. The quantitative estimate of drug-likeness (QED) is 0.210. The SMILES string of the molecule is Cc1cc(C)c(Cc2ccc(C(=O)NN(Cc3ccc(C(=O)NCCC(=O)O)cc3)[C@H]3CC[C@@H](C(C)(C)C)CC3)o2)c(C)c1. The molecule has 0 radical (unpaired) electrons. The summed E-state index contributed by atoms with van der Waals surface area (Å²) in [5, 5.41) is 13.5. The smallest absolute Gasteiger partial charge is 0.305 e. The number of nitrogens with zero attached hydrogens (tertiary/aromatic N) is 1. The number of carbonyl (C=O) groups excluding carboxylic acids is 2. The van der Waals surface area contributed by atoms with Crippen molar-refractivity contribution in [3.8, 4) is 0 Å². The highest BCUT2D eigenvalue weighted by molar-refractivity contribution is 5.94. The maximum atomic E-state index is 13.5. The Morgan fingerprint density at radius 3 is 2.14 bits per heavy atom. The molecule has 0 bridgehead atoms. The van der Waals surface area contributed by atoms with Crippen LogP contribution in [0.1, 0.15) is 107 Å². The molecule has 44 heavy (non-hydrogen) atoms. The van der Waals surface area contributed by atoms with Gasteiger partial charge in [-0.1, -0.05) is 50.6 Å². The van der Waals surface area contributed by atoms with Crippen molar-refractivity contribution in [2.45, 2.75) is 92.7 Å². The molecule has 3 N–H and O–H groups in total. The van der Waals surface area contributed by atoms with Crippen molar-refractivity contribution < 1.29 is 23.9 Å². The zero-order chi connectivity index (χ0) is 32.0. The third kappa shape index (κ3) is 8.82. The fourth-order valence-electron chi connectivity index (χ4n) is 6.30. The molecule has 1 fully saturated rings. The Balaban J connectivity index is 1.46. The van der Waals surface area contributed by atoms with E-state index in [-0.39, 0.29) is 42.0 Å². The number of furan rings is 1. The largest absolute Gasteiger partial charge is 0.481 e. The lowest BCUT2D eigenvalue weighted by molar-refractivity contribution is -0.136. The molecule has 1 heterocycles. The number of carboxylic acids is 1. The number of carbonyl (C=O) groups is 3. The Bertz CT molecular complexity index is 1440. The van der Waals surface area contributed by atoms with E-state index in [9.17, 15) is 14.4 Å². The van der Waals surface area contributed by atoms with E-state index in [1.165, 1.54) is 22.3 Å². The number of aliphatic carboxylic acids is 1. The summed E-state index contributed by atoms with van der Waals surface area (Å²) in [5.74, 6) is 0.121. The van der Waals surface area contributed by atoms with Gasteiger partial charge in [0.25, 0.3) is 5.91 Å². The highest BCUT2D eigenvalue weighted by Gasteiger charge is 2.33. The van der Waals surface area contributed by atoms with Crippen molar-refractivity contribution in [2.75, 3.05) is 6.54 Å². The molecule has 8 heteroatoms. The van der Waals surface area contributed by atoms with Gasteiger partial charge in [0.1, 0.15) is 5.76 Å². The minimum atomic E-state index is -0.957. The van der Waals surface area contributed by atoms with E-state index in [1.54, 1.807) is 18.2 Å². The lowest BCUT2D eigenvalue weighted by atomic mass is 9.71. The van der Waals surface area contributed by atoms with Crippen molar-refractivity contribution in [1.29, 1.82) is 0 Å². The summed E-state index contributed by atoms with van der Waals surface area (Å²) in [4.78, 5) is 36.7. The van der Waals surface area contributed by atoms with Gasteiger partial charge in [0, 0.05) is 31.1 Å². The van der Waals surface area contributed by atoms with E-state index in [0.717, 1.165) is 37.0 Å². The first kappa shape index (κ1) is 33.0. The number of nitrogens with one attached hydrogen (secondary N) is 2. The van der Waals surface area contributed by atoms with Crippen LogP contribution in [0.5, 0.6) is 0 Å². The molecule has 0 aliphatic heterocycles. The maximum Gasteiger partial charge on any atom is 0.305 e. The van der Waals surface area contributed by atoms with Crippen LogP contribution in [0.4, 0.5) is 0 Å². The summed E-state index contributed by atoms with van der Waals surface area (Å²) in [6, 6.07) is 15.4. The molecule has 0 spiro atoms. The van der Waals surface area contributed by atoms with Crippen LogP contribution in [0.25, 0.3) is 0 Å². The van der Waals surface area contributed by atoms with Gasteiger partial charge >= 0.3 is 11.9 Å². The molecule has 1 saturated carbocycles. The van der Waals surface area contributed by atoms with Crippen LogP contribution in [-0.2, 0) is 17.8 Å². The minimum absolute atomic E-state index is 0.0751. The van der Waals surface area contributed by atoms with Gasteiger partial charge in [0.2, 0.25) is 0 Å². The number of amides is 2. The normalized spacial score (nSPS) is 17.0. The number of aryl methyl sites for hydroxylation is 3. The van der Waals surface area contributed by atoms with E-state index in [1.807, 2.05) is 23.2 Å². The van der Waals surface area contributed by atoms with Crippen molar-refractivity contribution >= 4 is 17.8 Å². The molecular formula is C36H47N3O5. The maximum absolute atomic E-state index is 13.5. The van der Waals surface area contributed by atoms with Gasteiger partial charge in [0.15, 0.2) is 5.76 Å². The average molecular weight is 602 g/mol. The third-order valence-electron chi connectivity index (χ3n) is 8.88. The predicted molar refractivity (Wildman–Crippen MR) is 171 cm³/mol. The lowest BCUT2D eigenvalue weighted by Gasteiger charge is -2.41. The second-order valence-corrected chi connectivity index (χ2v) is 13.4. The third-order valence-corrected chi connectivity index (χ3v) is 8.88. The Morgan fingerprint density at radius 2 is 1.55 bits per heavy atom. The molecule has 8 nitrogen and oxygen atoms in total. The molecule has 2 amide bonds. The Morgan fingerprint density at radius 1 is 0.909 bits per heavy atom. The summed E-state index contributed by atoms with van der Waals surface area (Å²) in [7, 11) is 0. The van der Waals surface area contributed by atoms with E-state index < -0.39 is 5.97 Å². The second kappa shape index (κ2) is 14.2. The van der Waals surface area contributed by atoms with Gasteiger partial charge in [-0.05, 0) is 104 Å². The van der Waals surface area contributed by atoms with Gasteiger partial charge in [-0.3, -0.25) is 19.8 Å². The van der Waals surface area contributed by atoms with Crippen LogP contribution in [0.15, 0.2) is 52.9 Å². The first-order valence-electron chi connectivity index (χ1n) is 15.6. The molecule has 236 valence electrons. The molecule has 0 atom stereocenters. The molecule has 1 aliphatic carbocycles. The van der Waals surface area contributed by atoms with Crippen LogP contribution < -0.4 is 10.7 Å². The number of hydrogen-bond donors (Lipinski definition) is 3. The Hall–Kier alpha value is -3.91. The topological polar surface area (TPSA) is 112 Å². The van der Waals surface area contributed by atoms with Crippen LogP contribution in [0.3, 0.4) is 0 Å². The highest BCUT2D eigenvalue weighted by atomic mass is 16.4. The van der Waals surface area contributed by atoms with E-state index in [2.05, 4.69) is 64.4 Å². The lowest BCUT2D eigenvalue weighted by Crippen LogP contribution is -2.49. The number of hydrogen-bond acceptors (Lipinski definition) is 5.